The van der Waals surface area contributed by atoms with Crippen molar-refractivity contribution in [3.63, 3.8) is 0 Å². The van der Waals surface area contributed by atoms with E-state index >= 15 is 0 Å². The Kier molecular flexibility index (Phi) is 4.12. The van der Waals surface area contributed by atoms with Gasteiger partial charge in [0.15, 0.2) is 5.78 Å². The predicted octanol–water partition coefficient (Wildman–Crippen LogP) is 0.793. The number of aryl methyl sites for hydroxylation is 1. The zero-order chi connectivity index (χ0) is 12.2. The molecule has 1 rings (SSSR count). The van der Waals surface area contributed by atoms with Gasteiger partial charge in [-0.3, -0.25) is 4.79 Å². The maximum Gasteiger partial charge on any atom is 0.181 e. The molecule has 5 nitrogen and oxygen atoms in total. The van der Waals surface area contributed by atoms with E-state index in [-0.39, 0.29) is 18.0 Å². The summed E-state index contributed by atoms with van der Waals surface area (Å²) < 4.78 is 21.7. The highest BCUT2D eigenvalue weighted by atomic mass is 32.2. The number of hydrogen-bond donors (Lipinski definition) is 0. The van der Waals surface area contributed by atoms with Crippen molar-refractivity contribution in [2.45, 2.75) is 19.8 Å². The molecule has 0 fully saturated rings. The molecule has 0 spiro atoms. The van der Waals surface area contributed by atoms with Gasteiger partial charge in [-0.15, -0.1) is 0 Å². The van der Waals surface area contributed by atoms with Crippen LogP contribution >= 0.6 is 0 Å². The van der Waals surface area contributed by atoms with Gasteiger partial charge in [-0.05, 0) is 19.4 Å². The van der Waals surface area contributed by atoms with E-state index in [1.807, 2.05) is 0 Å². The van der Waals surface area contributed by atoms with E-state index < -0.39 is 9.84 Å². The van der Waals surface area contributed by atoms with Gasteiger partial charge in [0.1, 0.15) is 21.4 Å². The molecule has 0 atom stereocenters. The number of aromatic nitrogens is 2. The van der Waals surface area contributed by atoms with Gasteiger partial charge in [-0.1, -0.05) is 0 Å². The zero-order valence-electron chi connectivity index (χ0n) is 9.30. The fraction of sp³-hybridized carbons (Fsp3) is 0.500. The van der Waals surface area contributed by atoms with Crippen LogP contribution in [0, 0.1) is 6.92 Å². The predicted molar refractivity (Wildman–Crippen MR) is 60.0 cm³/mol. The van der Waals surface area contributed by atoms with Gasteiger partial charge in [0.2, 0.25) is 0 Å². The SMILES string of the molecule is Cc1nccc(C(=O)CCCS(C)(=O)=O)n1. The Balaban J connectivity index is 2.54. The van der Waals surface area contributed by atoms with Crippen molar-refractivity contribution in [1.82, 2.24) is 9.97 Å². The van der Waals surface area contributed by atoms with Crippen LogP contribution in [0.15, 0.2) is 12.3 Å². The monoisotopic (exact) mass is 242 g/mol. The maximum absolute atomic E-state index is 11.6. The van der Waals surface area contributed by atoms with Crippen LogP contribution < -0.4 is 0 Å². The summed E-state index contributed by atoms with van der Waals surface area (Å²) in [4.78, 5) is 19.5. The number of Topliss-reactive ketones (excluding diaryl/α,β-unsaturated/α-hetero) is 1. The lowest BCUT2D eigenvalue weighted by Crippen LogP contribution is -2.08. The van der Waals surface area contributed by atoms with Gasteiger partial charge in [0.05, 0.1) is 5.75 Å². The highest BCUT2D eigenvalue weighted by molar-refractivity contribution is 7.90. The van der Waals surface area contributed by atoms with Crippen LogP contribution in [-0.4, -0.2) is 36.2 Å². The summed E-state index contributed by atoms with van der Waals surface area (Å²) in [5.41, 5.74) is 0.348. The largest absolute Gasteiger partial charge is 0.292 e. The highest BCUT2D eigenvalue weighted by Gasteiger charge is 2.09. The third-order valence-corrected chi connectivity index (χ3v) is 3.01. The van der Waals surface area contributed by atoms with Gasteiger partial charge in [-0.25, -0.2) is 18.4 Å². The summed E-state index contributed by atoms with van der Waals surface area (Å²) in [5, 5.41) is 0. The minimum absolute atomic E-state index is 0.0306. The van der Waals surface area contributed by atoms with Gasteiger partial charge in [0.25, 0.3) is 0 Å². The van der Waals surface area contributed by atoms with E-state index in [4.69, 9.17) is 0 Å². The number of nitrogens with zero attached hydrogens (tertiary/aromatic N) is 2. The van der Waals surface area contributed by atoms with Gasteiger partial charge in [0, 0.05) is 18.9 Å². The summed E-state index contributed by atoms with van der Waals surface area (Å²) in [6.45, 7) is 1.70. The van der Waals surface area contributed by atoms with Crippen LogP contribution in [0.4, 0.5) is 0 Å². The van der Waals surface area contributed by atoms with Crippen LogP contribution in [0.3, 0.4) is 0 Å². The van der Waals surface area contributed by atoms with E-state index in [0.717, 1.165) is 6.26 Å². The molecule has 0 saturated carbocycles. The van der Waals surface area contributed by atoms with Gasteiger partial charge >= 0.3 is 0 Å². The molecule has 0 N–H and O–H groups in total. The average Bonchev–Trinajstić information content (AvgIpc) is 2.15. The first-order chi connectivity index (χ1) is 7.38. The third kappa shape index (κ3) is 4.48. The number of ketones is 1. The Hall–Kier alpha value is -1.30. The first-order valence-electron chi connectivity index (χ1n) is 4.89. The Morgan fingerprint density at radius 2 is 2.12 bits per heavy atom. The van der Waals surface area contributed by atoms with Crippen molar-refractivity contribution in [3.8, 4) is 0 Å². The van der Waals surface area contributed by atoms with Crippen molar-refractivity contribution in [2.24, 2.45) is 0 Å². The first kappa shape index (κ1) is 12.8. The molecule has 0 aliphatic rings. The second-order valence-corrected chi connectivity index (χ2v) is 5.91. The topological polar surface area (TPSA) is 77.0 Å². The van der Waals surface area contributed by atoms with Crippen molar-refractivity contribution >= 4 is 15.6 Å². The summed E-state index contributed by atoms with van der Waals surface area (Å²) in [6, 6.07) is 1.54. The Bertz CT molecular complexity index is 483. The molecule has 16 heavy (non-hydrogen) atoms. The molecule has 0 radical (unpaired) electrons. The Morgan fingerprint density at radius 3 is 2.69 bits per heavy atom. The molecule has 88 valence electrons. The summed E-state index contributed by atoms with van der Waals surface area (Å²) in [5.74, 6) is 0.422. The second-order valence-electron chi connectivity index (χ2n) is 3.65. The van der Waals surface area contributed by atoms with Crippen molar-refractivity contribution in [1.29, 1.82) is 0 Å². The number of carbonyl (C=O) groups is 1. The van der Waals surface area contributed by atoms with E-state index in [9.17, 15) is 13.2 Å². The minimum atomic E-state index is -3.00. The fourth-order valence-corrected chi connectivity index (χ4v) is 1.90. The Labute approximate surface area is 94.8 Å². The summed E-state index contributed by atoms with van der Waals surface area (Å²) >= 11 is 0. The normalized spacial score (nSPS) is 11.4. The van der Waals surface area contributed by atoms with Gasteiger partial charge in [-0.2, -0.15) is 0 Å². The minimum Gasteiger partial charge on any atom is -0.292 e. The third-order valence-electron chi connectivity index (χ3n) is 1.98. The summed E-state index contributed by atoms with van der Waals surface area (Å²) in [6.07, 6.45) is 3.21. The smallest absolute Gasteiger partial charge is 0.181 e. The molecule has 0 aliphatic carbocycles. The van der Waals surface area contributed by atoms with E-state index in [1.165, 1.54) is 12.3 Å². The van der Waals surface area contributed by atoms with Crippen LogP contribution in [-0.2, 0) is 9.84 Å². The quantitative estimate of drug-likeness (QED) is 0.713. The first-order valence-corrected chi connectivity index (χ1v) is 6.95. The number of rotatable bonds is 5. The molecule has 0 bridgehead atoms. The summed E-state index contributed by atoms with van der Waals surface area (Å²) in [7, 11) is -3.00. The van der Waals surface area contributed by atoms with Crippen molar-refractivity contribution in [3.05, 3.63) is 23.8 Å². The van der Waals surface area contributed by atoms with Crippen LogP contribution in [0.2, 0.25) is 0 Å². The molecule has 0 saturated heterocycles. The Morgan fingerprint density at radius 1 is 1.44 bits per heavy atom. The van der Waals surface area contributed by atoms with Gasteiger partial charge < -0.3 is 0 Å². The molecular weight excluding hydrogens is 228 g/mol. The molecule has 0 unspecified atom stereocenters. The molecule has 0 aromatic carbocycles. The lowest BCUT2D eigenvalue weighted by molar-refractivity contribution is 0.0977. The lowest BCUT2D eigenvalue weighted by atomic mass is 10.2. The van der Waals surface area contributed by atoms with Crippen LogP contribution in [0.5, 0.6) is 0 Å². The van der Waals surface area contributed by atoms with Crippen LogP contribution in [0.1, 0.15) is 29.2 Å². The fourth-order valence-electron chi connectivity index (χ4n) is 1.23. The number of hydrogen-bond acceptors (Lipinski definition) is 5. The van der Waals surface area contributed by atoms with Crippen molar-refractivity contribution < 1.29 is 13.2 Å². The second kappa shape index (κ2) is 5.16. The van der Waals surface area contributed by atoms with E-state index in [1.54, 1.807) is 6.92 Å². The highest BCUT2D eigenvalue weighted by Crippen LogP contribution is 2.03. The van der Waals surface area contributed by atoms with Crippen molar-refractivity contribution in [2.75, 3.05) is 12.0 Å². The van der Waals surface area contributed by atoms with Crippen LogP contribution in [0.25, 0.3) is 0 Å². The molecule has 0 aliphatic heterocycles. The zero-order valence-corrected chi connectivity index (χ0v) is 10.1. The average molecular weight is 242 g/mol. The standard InChI is InChI=1S/C10H14N2O3S/c1-8-11-6-5-9(12-8)10(13)4-3-7-16(2,14)15/h5-6H,3-4,7H2,1-2H3. The molecule has 1 heterocycles. The maximum atomic E-state index is 11.6. The van der Waals surface area contributed by atoms with E-state index in [0.29, 0.717) is 17.9 Å². The molecule has 1 aromatic rings. The molecule has 1 aromatic heterocycles. The van der Waals surface area contributed by atoms with E-state index in [2.05, 4.69) is 9.97 Å². The molecule has 0 amide bonds. The number of sulfone groups is 1. The lowest BCUT2D eigenvalue weighted by Gasteiger charge is -2.00. The number of carbonyl (C=O) groups excluding carboxylic acids is 1. The molecular formula is C10H14N2O3S. The molecule has 6 heteroatoms.